The number of sulfonamides is 1. The molecule has 1 aliphatic rings. The zero-order valence-electron chi connectivity index (χ0n) is 11.3. The lowest BCUT2D eigenvalue weighted by atomic mass is 10.1. The molecule has 2 rings (SSSR count). The zero-order valence-corrected chi connectivity index (χ0v) is 12.1. The predicted molar refractivity (Wildman–Crippen MR) is 74.7 cm³/mol. The third kappa shape index (κ3) is 3.94. The van der Waals surface area contributed by atoms with E-state index >= 15 is 0 Å². The van der Waals surface area contributed by atoms with Crippen molar-refractivity contribution in [2.75, 3.05) is 0 Å². The van der Waals surface area contributed by atoms with Crippen molar-refractivity contribution in [1.29, 1.82) is 0 Å². The van der Waals surface area contributed by atoms with E-state index in [0.717, 1.165) is 31.2 Å². The molecule has 0 spiro atoms. The number of aryl methyl sites for hydroxylation is 1. The van der Waals surface area contributed by atoms with E-state index in [1.807, 2.05) is 13.0 Å². The molecule has 4 nitrogen and oxygen atoms in total. The first-order chi connectivity index (χ1) is 8.97. The maximum Gasteiger partial charge on any atom is 0.241 e. The third-order valence-corrected chi connectivity index (χ3v) is 4.43. The van der Waals surface area contributed by atoms with Crippen LogP contribution in [0.4, 0.5) is 0 Å². The van der Waals surface area contributed by atoms with Crippen molar-refractivity contribution in [2.45, 2.75) is 56.4 Å². The molecule has 1 aromatic carbocycles. The second-order valence-corrected chi connectivity index (χ2v) is 6.76. The van der Waals surface area contributed by atoms with Crippen LogP contribution in [0.2, 0.25) is 0 Å². The van der Waals surface area contributed by atoms with Crippen LogP contribution in [0.25, 0.3) is 0 Å². The summed E-state index contributed by atoms with van der Waals surface area (Å²) in [6.07, 6.45) is 6.81. The van der Waals surface area contributed by atoms with Gasteiger partial charge in [-0.25, -0.2) is 13.6 Å². The first-order valence-corrected chi connectivity index (χ1v) is 8.31. The number of hydrogen-bond acceptors (Lipinski definition) is 3. The average Bonchev–Trinajstić information content (AvgIpc) is 2.59. The van der Waals surface area contributed by atoms with E-state index in [1.165, 1.54) is 12.8 Å². The summed E-state index contributed by atoms with van der Waals surface area (Å²) in [7, 11) is -3.74. The van der Waals surface area contributed by atoms with Gasteiger partial charge in [0.05, 0.1) is 6.10 Å². The summed E-state index contributed by atoms with van der Waals surface area (Å²) < 4.78 is 29.1. The van der Waals surface area contributed by atoms with Crippen molar-refractivity contribution in [3.8, 4) is 5.75 Å². The lowest BCUT2D eigenvalue weighted by molar-refractivity contribution is 0.179. The van der Waals surface area contributed by atoms with Crippen LogP contribution in [0.1, 0.15) is 44.1 Å². The molecule has 0 aromatic heterocycles. The Morgan fingerprint density at radius 2 is 1.79 bits per heavy atom. The first-order valence-electron chi connectivity index (χ1n) is 6.77. The predicted octanol–water partition coefficient (Wildman–Crippen LogP) is 2.74. The van der Waals surface area contributed by atoms with Crippen LogP contribution in [-0.4, -0.2) is 14.5 Å². The normalized spacial score (nSPS) is 18.0. The fourth-order valence-corrected chi connectivity index (χ4v) is 3.22. The van der Waals surface area contributed by atoms with Gasteiger partial charge in [-0.3, -0.25) is 0 Å². The molecule has 1 saturated carbocycles. The molecular weight excluding hydrogens is 262 g/mol. The summed E-state index contributed by atoms with van der Waals surface area (Å²) in [6.45, 7) is 1.84. The summed E-state index contributed by atoms with van der Waals surface area (Å²) >= 11 is 0. The number of rotatable bonds is 3. The molecule has 0 unspecified atom stereocenters. The van der Waals surface area contributed by atoms with Crippen molar-refractivity contribution >= 4 is 10.0 Å². The van der Waals surface area contributed by atoms with Gasteiger partial charge in [-0.05, 0) is 50.3 Å². The highest BCUT2D eigenvalue weighted by Gasteiger charge is 2.20. The number of ether oxygens (including phenoxy) is 1. The Kier molecular flexibility index (Phi) is 4.47. The Morgan fingerprint density at radius 3 is 2.37 bits per heavy atom. The van der Waals surface area contributed by atoms with E-state index in [0.29, 0.717) is 5.75 Å². The van der Waals surface area contributed by atoms with Gasteiger partial charge in [-0.15, -0.1) is 0 Å². The highest BCUT2D eigenvalue weighted by Crippen LogP contribution is 2.28. The molecule has 0 heterocycles. The van der Waals surface area contributed by atoms with Gasteiger partial charge in [-0.1, -0.05) is 18.9 Å². The standard InChI is InChI=1S/C14H21NO3S/c1-11-8-9-13(14(10-11)19(15,16)17)18-12-6-4-2-3-5-7-12/h8-10,12H,2-7H2,1H3,(H2,15,16,17). The number of benzene rings is 1. The Bertz CT molecular complexity index is 532. The fourth-order valence-electron chi connectivity index (χ4n) is 2.47. The van der Waals surface area contributed by atoms with Crippen LogP contribution < -0.4 is 9.88 Å². The second kappa shape index (κ2) is 5.92. The van der Waals surface area contributed by atoms with Gasteiger partial charge in [0.1, 0.15) is 10.6 Å². The summed E-state index contributed by atoms with van der Waals surface area (Å²) in [6, 6.07) is 5.13. The Hall–Kier alpha value is -1.07. The van der Waals surface area contributed by atoms with Crippen molar-refractivity contribution in [3.05, 3.63) is 23.8 Å². The Labute approximate surface area is 115 Å². The summed E-state index contributed by atoms with van der Waals surface area (Å²) in [5, 5.41) is 5.25. The molecule has 0 radical (unpaired) electrons. The maximum atomic E-state index is 11.6. The molecule has 0 bridgehead atoms. The topological polar surface area (TPSA) is 69.4 Å². The Balaban J connectivity index is 2.24. The molecule has 0 saturated heterocycles. The average molecular weight is 283 g/mol. The molecule has 5 heteroatoms. The van der Waals surface area contributed by atoms with Gasteiger partial charge in [0.25, 0.3) is 0 Å². The maximum absolute atomic E-state index is 11.6. The van der Waals surface area contributed by atoms with Gasteiger partial charge in [0.2, 0.25) is 10.0 Å². The van der Waals surface area contributed by atoms with Crippen LogP contribution >= 0.6 is 0 Å². The fraction of sp³-hybridized carbons (Fsp3) is 0.571. The number of primary sulfonamides is 1. The molecule has 1 fully saturated rings. The Morgan fingerprint density at radius 1 is 1.16 bits per heavy atom. The van der Waals surface area contributed by atoms with E-state index in [2.05, 4.69) is 0 Å². The van der Waals surface area contributed by atoms with Crippen LogP contribution in [0, 0.1) is 6.92 Å². The van der Waals surface area contributed by atoms with E-state index in [4.69, 9.17) is 9.88 Å². The molecule has 0 amide bonds. The van der Waals surface area contributed by atoms with Gasteiger partial charge in [0, 0.05) is 0 Å². The van der Waals surface area contributed by atoms with E-state index < -0.39 is 10.0 Å². The van der Waals surface area contributed by atoms with Crippen LogP contribution in [0.3, 0.4) is 0 Å². The van der Waals surface area contributed by atoms with Crippen LogP contribution in [0.15, 0.2) is 23.1 Å². The molecular formula is C14H21NO3S. The largest absolute Gasteiger partial charge is 0.489 e. The van der Waals surface area contributed by atoms with Crippen molar-refractivity contribution < 1.29 is 13.2 Å². The van der Waals surface area contributed by atoms with Crippen LogP contribution in [-0.2, 0) is 10.0 Å². The van der Waals surface area contributed by atoms with Crippen molar-refractivity contribution in [2.24, 2.45) is 5.14 Å². The van der Waals surface area contributed by atoms with Gasteiger partial charge in [-0.2, -0.15) is 0 Å². The molecule has 106 valence electrons. The molecule has 2 N–H and O–H groups in total. The van der Waals surface area contributed by atoms with Gasteiger partial charge in [0.15, 0.2) is 0 Å². The minimum absolute atomic E-state index is 0.0942. The number of hydrogen-bond donors (Lipinski definition) is 1. The molecule has 0 atom stereocenters. The van der Waals surface area contributed by atoms with Crippen molar-refractivity contribution in [1.82, 2.24) is 0 Å². The van der Waals surface area contributed by atoms with Gasteiger partial charge >= 0.3 is 0 Å². The summed E-state index contributed by atoms with van der Waals surface area (Å²) in [4.78, 5) is 0.0942. The quantitative estimate of drug-likeness (QED) is 0.867. The minimum Gasteiger partial charge on any atom is -0.489 e. The summed E-state index contributed by atoms with van der Waals surface area (Å²) in [5.74, 6) is 0.389. The monoisotopic (exact) mass is 283 g/mol. The third-order valence-electron chi connectivity index (χ3n) is 3.50. The molecule has 1 aliphatic carbocycles. The van der Waals surface area contributed by atoms with E-state index in [-0.39, 0.29) is 11.0 Å². The summed E-state index contributed by atoms with van der Waals surface area (Å²) in [5.41, 5.74) is 0.859. The van der Waals surface area contributed by atoms with Crippen molar-refractivity contribution in [3.63, 3.8) is 0 Å². The first kappa shape index (κ1) is 14.3. The smallest absolute Gasteiger partial charge is 0.241 e. The lowest BCUT2D eigenvalue weighted by Crippen LogP contribution is -2.19. The molecule has 1 aromatic rings. The molecule has 19 heavy (non-hydrogen) atoms. The zero-order chi connectivity index (χ0) is 13.9. The molecule has 0 aliphatic heterocycles. The minimum atomic E-state index is -3.74. The van der Waals surface area contributed by atoms with E-state index in [1.54, 1.807) is 12.1 Å². The highest BCUT2D eigenvalue weighted by molar-refractivity contribution is 7.89. The van der Waals surface area contributed by atoms with Gasteiger partial charge < -0.3 is 4.74 Å². The van der Waals surface area contributed by atoms with Crippen LogP contribution in [0.5, 0.6) is 5.75 Å². The second-order valence-electron chi connectivity index (χ2n) is 5.23. The lowest BCUT2D eigenvalue weighted by Gasteiger charge is -2.19. The van der Waals surface area contributed by atoms with E-state index in [9.17, 15) is 8.42 Å². The number of nitrogens with two attached hydrogens (primary N) is 1. The highest BCUT2D eigenvalue weighted by atomic mass is 32.2. The SMILES string of the molecule is Cc1ccc(OC2CCCCCC2)c(S(N)(=O)=O)c1.